The van der Waals surface area contributed by atoms with E-state index in [4.69, 9.17) is 0 Å². The molecular formula is C24H27N3O2. The summed E-state index contributed by atoms with van der Waals surface area (Å²) in [4.78, 5) is 26.7. The van der Waals surface area contributed by atoms with Crippen LogP contribution >= 0.6 is 0 Å². The Morgan fingerprint density at radius 1 is 0.862 bits per heavy atom. The van der Waals surface area contributed by atoms with E-state index in [1.807, 2.05) is 68.7 Å². The van der Waals surface area contributed by atoms with E-state index in [0.717, 1.165) is 16.3 Å². The molecule has 0 aromatic heterocycles. The number of fused-ring (bicyclic) bond motifs is 1. The number of hydrogen-bond donors (Lipinski definition) is 2. The average molecular weight is 389 g/mol. The molecule has 0 spiro atoms. The number of hydrogen-bond acceptors (Lipinski definition) is 3. The van der Waals surface area contributed by atoms with Crippen LogP contribution < -0.4 is 10.6 Å². The second kappa shape index (κ2) is 9.85. The minimum absolute atomic E-state index is 0.0772. The van der Waals surface area contributed by atoms with Crippen molar-refractivity contribution in [2.75, 3.05) is 27.2 Å². The molecule has 1 unspecified atom stereocenters. The molecule has 3 rings (SSSR count). The number of carbonyl (C=O) groups excluding carboxylic acids is 2. The van der Waals surface area contributed by atoms with Crippen molar-refractivity contribution in [3.05, 3.63) is 83.9 Å². The first-order valence-corrected chi connectivity index (χ1v) is 9.79. The van der Waals surface area contributed by atoms with Crippen molar-refractivity contribution in [2.24, 2.45) is 0 Å². The molecular weight excluding hydrogens is 362 g/mol. The number of nitrogens with zero attached hydrogens (tertiary/aromatic N) is 1. The van der Waals surface area contributed by atoms with Crippen LogP contribution in [0.1, 0.15) is 28.4 Å². The largest absolute Gasteiger partial charge is 0.354 e. The predicted molar refractivity (Wildman–Crippen MR) is 117 cm³/mol. The van der Waals surface area contributed by atoms with Crippen LogP contribution in [-0.2, 0) is 4.79 Å². The highest BCUT2D eigenvalue weighted by Crippen LogP contribution is 2.17. The SMILES string of the molecule is CN(C)C(CNC(=O)CCNC(=O)c1ccc2ccccc2c1)c1ccccc1. The summed E-state index contributed by atoms with van der Waals surface area (Å²) >= 11 is 0. The maximum Gasteiger partial charge on any atom is 0.251 e. The third-order valence-corrected chi connectivity index (χ3v) is 4.95. The van der Waals surface area contributed by atoms with E-state index in [1.165, 1.54) is 0 Å². The highest BCUT2D eigenvalue weighted by atomic mass is 16.2. The number of nitrogens with one attached hydrogen (secondary N) is 2. The standard InChI is InChI=1S/C24H27N3O2/c1-27(2)22(19-9-4-3-5-10-19)17-26-23(28)14-15-25-24(29)21-13-12-18-8-6-7-11-20(18)16-21/h3-13,16,22H,14-15,17H2,1-2H3,(H,25,29)(H,26,28). The Balaban J connectivity index is 1.47. The molecule has 0 saturated heterocycles. The first-order chi connectivity index (χ1) is 14.0. The van der Waals surface area contributed by atoms with E-state index >= 15 is 0 Å². The van der Waals surface area contributed by atoms with Crippen molar-refractivity contribution < 1.29 is 9.59 Å². The maximum atomic E-state index is 12.4. The van der Waals surface area contributed by atoms with Crippen molar-refractivity contribution in [3.8, 4) is 0 Å². The van der Waals surface area contributed by atoms with Gasteiger partial charge in [0, 0.05) is 25.1 Å². The Kier molecular flexibility index (Phi) is 6.98. The molecule has 1 atom stereocenters. The predicted octanol–water partition coefficient (Wildman–Crippen LogP) is 3.38. The van der Waals surface area contributed by atoms with E-state index in [2.05, 4.69) is 27.7 Å². The van der Waals surface area contributed by atoms with E-state index in [0.29, 0.717) is 18.7 Å². The number of benzene rings is 3. The second-order valence-electron chi connectivity index (χ2n) is 7.26. The molecule has 0 fully saturated rings. The third kappa shape index (κ3) is 5.65. The fourth-order valence-corrected chi connectivity index (χ4v) is 3.29. The molecule has 0 aliphatic rings. The van der Waals surface area contributed by atoms with Gasteiger partial charge in [0.1, 0.15) is 0 Å². The maximum absolute atomic E-state index is 12.4. The molecule has 0 radical (unpaired) electrons. The molecule has 5 heteroatoms. The van der Waals surface area contributed by atoms with Gasteiger partial charge in [0.25, 0.3) is 5.91 Å². The molecule has 150 valence electrons. The number of carbonyl (C=O) groups is 2. The molecule has 5 nitrogen and oxygen atoms in total. The molecule has 2 N–H and O–H groups in total. The van der Waals surface area contributed by atoms with Gasteiger partial charge in [0.15, 0.2) is 0 Å². The van der Waals surface area contributed by atoms with Crippen LogP contribution in [0, 0.1) is 0 Å². The molecule has 2 amide bonds. The van der Waals surface area contributed by atoms with Gasteiger partial charge in [-0.25, -0.2) is 0 Å². The van der Waals surface area contributed by atoms with Crippen molar-refractivity contribution in [1.29, 1.82) is 0 Å². The van der Waals surface area contributed by atoms with Crippen molar-refractivity contribution >= 4 is 22.6 Å². The van der Waals surface area contributed by atoms with Crippen molar-refractivity contribution in [1.82, 2.24) is 15.5 Å². The lowest BCUT2D eigenvalue weighted by molar-refractivity contribution is -0.121. The van der Waals surface area contributed by atoms with Gasteiger partial charge in [-0.15, -0.1) is 0 Å². The third-order valence-electron chi connectivity index (χ3n) is 4.95. The summed E-state index contributed by atoms with van der Waals surface area (Å²) < 4.78 is 0. The zero-order valence-electron chi connectivity index (χ0n) is 16.9. The van der Waals surface area contributed by atoms with Gasteiger partial charge in [-0.3, -0.25) is 9.59 Å². The molecule has 0 bridgehead atoms. The van der Waals surface area contributed by atoms with E-state index in [9.17, 15) is 9.59 Å². The van der Waals surface area contributed by atoms with Crippen LogP contribution in [0.15, 0.2) is 72.8 Å². The van der Waals surface area contributed by atoms with Crippen molar-refractivity contribution in [3.63, 3.8) is 0 Å². The lowest BCUT2D eigenvalue weighted by Crippen LogP contribution is -2.36. The van der Waals surface area contributed by atoms with E-state index in [1.54, 1.807) is 6.07 Å². The minimum Gasteiger partial charge on any atom is -0.354 e. The fourth-order valence-electron chi connectivity index (χ4n) is 3.29. The fraction of sp³-hybridized carbons (Fsp3) is 0.250. The van der Waals surface area contributed by atoms with Crippen LogP contribution in [0.5, 0.6) is 0 Å². The molecule has 0 aliphatic carbocycles. The number of rotatable bonds is 8. The molecule has 3 aromatic carbocycles. The van der Waals surface area contributed by atoms with E-state index < -0.39 is 0 Å². The molecule has 0 aliphatic heterocycles. The minimum atomic E-state index is -0.168. The normalized spacial score (nSPS) is 12.0. The summed E-state index contributed by atoms with van der Waals surface area (Å²) in [6.07, 6.45) is 0.244. The first-order valence-electron chi connectivity index (χ1n) is 9.79. The van der Waals surface area contributed by atoms with Gasteiger partial charge in [-0.2, -0.15) is 0 Å². The lowest BCUT2D eigenvalue weighted by atomic mass is 10.1. The van der Waals surface area contributed by atoms with E-state index in [-0.39, 0.29) is 24.3 Å². The highest BCUT2D eigenvalue weighted by molar-refractivity contribution is 5.98. The zero-order chi connectivity index (χ0) is 20.6. The Morgan fingerprint density at radius 2 is 1.55 bits per heavy atom. The van der Waals surface area contributed by atoms with Gasteiger partial charge in [-0.1, -0.05) is 60.7 Å². The van der Waals surface area contributed by atoms with Crippen LogP contribution in [0.2, 0.25) is 0 Å². The quantitative estimate of drug-likeness (QED) is 0.621. The second-order valence-corrected chi connectivity index (χ2v) is 7.26. The Labute approximate surface area is 171 Å². The summed E-state index contributed by atoms with van der Waals surface area (Å²) in [6.45, 7) is 0.823. The molecule has 3 aromatic rings. The molecule has 0 saturated carbocycles. The van der Waals surface area contributed by atoms with Gasteiger partial charge >= 0.3 is 0 Å². The zero-order valence-corrected chi connectivity index (χ0v) is 16.9. The number of likely N-dealkylation sites (N-methyl/N-ethyl adjacent to an activating group) is 1. The summed E-state index contributed by atoms with van der Waals surface area (Å²) in [5.41, 5.74) is 1.75. The summed E-state index contributed by atoms with van der Waals surface area (Å²) in [7, 11) is 3.99. The number of amides is 2. The highest BCUT2D eigenvalue weighted by Gasteiger charge is 2.15. The summed E-state index contributed by atoms with van der Waals surface area (Å²) in [5.74, 6) is -0.245. The van der Waals surface area contributed by atoms with Crippen LogP contribution in [0.25, 0.3) is 10.8 Å². The van der Waals surface area contributed by atoms with Gasteiger partial charge in [-0.05, 0) is 42.6 Å². The average Bonchev–Trinajstić information content (AvgIpc) is 2.74. The summed E-state index contributed by atoms with van der Waals surface area (Å²) in [6, 6.07) is 23.7. The molecule has 29 heavy (non-hydrogen) atoms. The van der Waals surface area contributed by atoms with Crippen LogP contribution in [0.3, 0.4) is 0 Å². The van der Waals surface area contributed by atoms with Crippen molar-refractivity contribution in [2.45, 2.75) is 12.5 Å². The monoisotopic (exact) mass is 389 g/mol. The Bertz CT molecular complexity index is 970. The smallest absolute Gasteiger partial charge is 0.251 e. The first kappa shape index (κ1) is 20.6. The Hall–Kier alpha value is -3.18. The van der Waals surface area contributed by atoms with Crippen LogP contribution in [0.4, 0.5) is 0 Å². The summed E-state index contributed by atoms with van der Waals surface area (Å²) in [5, 5.41) is 7.91. The Morgan fingerprint density at radius 3 is 2.28 bits per heavy atom. The van der Waals surface area contributed by atoms with Gasteiger partial charge < -0.3 is 15.5 Å². The van der Waals surface area contributed by atoms with Crippen LogP contribution in [-0.4, -0.2) is 43.9 Å². The molecule has 0 heterocycles. The lowest BCUT2D eigenvalue weighted by Gasteiger charge is -2.25. The topological polar surface area (TPSA) is 61.4 Å². The van der Waals surface area contributed by atoms with Gasteiger partial charge in [0.2, 0.25) is 5.91 Å². The van der Waals surface area contributed by atoms with Gasteiger partial charge in [0.05, 0.1) is 6.04 Å².